The number of aromatic nitrogens is 2. The first kappa shape index (κ1) is 21.3. The standard InChI is InChI=1S/C21H18Cl2N4OS/c1-13-9-14(2)26-21(25-13)29-12-15-3-6-17(7-4-15)20(28)27-24-11-16-5-8-18(22)19(23)10-16/h3-11H,12H2,1-2H3,(H,27,28)/b24-11+. The molecule has 1 aromatic heterocycles. The Kier molecular flexibility index (Phi) is 7.25. The molecule has 0 unspecified atom stereocenters. The third-order valence-electron chi connectivity index (χ3n) is 3.87. The fourth-order valence-electron chi connectivity index (χ4n) is 2.48. The molecule has 0 aliphatic heterocycles. The van der Waals surface area contributed by atoms with Crippen LogP contribution in [0.15, 0.2) is 58.8 Å². The predicted octanol–water partition coefficient (Wildman–Crippen LogP) is 5.46. The Balaban J connectivity index is 1.55. The smallest absolute Gasteiger partial charge is 0.267 e. The molecule has 3 rings (SSSR count). The number of nitrogens with one attached hydrogen (secondary N) is 1. The molecule has 0 bridgehead atoms. The molecule has 0 saturated carbocycles. The van der Waals surface area contributed by atoms with Gasteiger partial charge in [-0.3, -0.25) is 4.79 Å². The zero-order valence-corrected chi connectivity index (χ0v) is 18.1. The second kappa shape index (κ2) is 9.87. The first-order valence-electron chi connectivity index (χ1n) is 8.73. The first-order valence-corrected chi connectivity index (χ1v) is 10.5. The van der Waals surface area contributed by atoms with Crippen LogP contribution in [-0.2, 0) is 5.75 Å². The molecule has 0 aliphatic rings. The van der Waals surface area contributed by atoms with E-state index in [1.807, 2.05) is 32.0 Å². The van der Waals surface area contributed by atoms with Crippen molar-refractivity contribution >= 4 is 47.1 Å². The van der Waals surface area contributed by atoms with Gasteiger partial charge in [0.2, 0.25) is 0 Å². The number of carbonyl (C=O) groups excluding carboxylic acids is 1. The van der Waals surface area contributed by atoms with Crippen LogP contribution in [0.25, 0.3) is 0 Å². The first-order chi connectivity index (χ1) is 13.9. The molecular formula is C21H18Cl2N4OS. The summed E-state index contributed by atoms with van der Waals surface area (Å²) < 4.78 is 0. The summed E-state index contributed by atoms with van der Waals surface area (Å²) in [5, 5.41) is 5.61. The molecule has 5 nitrogen and oxygen atoms in total. The summed E-state index contributed by atoms with van der Waals surface area (Å²) in [5.74, 6) is 0.429. The summed E-state index contributed by atoms with van der Waals surface area (Å²) in [6.45, 7) is 3.91. The quantitative estimate of drug-likeness (QED) is 0.237. The van der Waals surface area contributed by atoms with Crippen LogP contribution < -0.4 is 5.43 Å². The van der Waals surface area contributed by atoms with Crippen molar-refractivity contribution in [2.45, 2.75) is 24.8 Å². The van der Waals surface area contributed by atoms with E-state index in [4.69, 9.17) is 23.2 Å². The highest BCUT2D eigenvalue weighted by atomic mass is 35.5. The Labute approximate surface area is 183 Å². The largest absolute Gasteiger partial charge is 0.271 e. The van der Waals surface area contributed by atoms with Gasteiger partial charge in [0.25, 0.3) is 5.91 Å². The van der Waals surface area contributed by atoms with Crippen molar-refractivity contribution in [2.75, 3.05) is 0 Å². The second-order valence-electron chi connectivity index (χ2n) is 6.29. The van der Waals surface area contributed by atoms with E-state index in [0.717, 1.165) is 33.4 Å². The molecule has 1 N–H and O–H groups in total. The number of thioether (sulfide) groups is 1. The summed E-state index contributed by atoms with van der Waals surface area (Å²) in [5.41, 5.74) is 6.74. The Morgan fingerprint density at radius 1 is 1.03 bits per heavy atom. The monoisotopic (exact) mass is 444 g/mol. The molecule has 1 amide bonds. The Morgan fingerprint density at radius 3 is 2.38 bits per heavy atom. The van der Waals surface area contributed by atoms with E-state index in [1.165, 1.54) is 6.21 Å². The average molecular weight is 445 g/mol. The third-order valence-corrected chi connectivity index (χ3v) is 5.53. The number of hydrogen-bond donors (Lipinski definition) is 1. The van der Waals surface area contributed by atoms with Crippen molar-refractivity contribution < 1.29 is 4.79 Å². The van der Waals surface area contributed by atoms with Gasteiger partial charge in [-0.15, -0.1) is 0 Å². The Morgan fingerprint density at radius 2 is 1.72 bits per heavy atom. The van der Waals surface area contributed by atoms with Gasteiger partial charge in [0.1, 0.15) is 0 Å². The lowest BCUT2D eigenvalue weighted by Crippen LogP contribution is -2.17. The fraction of sp³-hybridized carbons (Fsp3) is 0.143. The van der Waals surface area contributed by atoms with Gasteiger partial charge >= 0.3 is 0 Å². The van der Waals surface area contributed by atoms with Crippen molar-refractivity contribution in [1.29, 1.82) is 0 Å². The summed E-state index contributed by atoms with van der Waals surface area (Å²) in [6.07, 6.45) is 1.51. The van der Waals surface area contributed by atoms with Gasteiger partial charge in [-0.25, -0.2) is 15.4 Å². The minimum Gasteiger partial charge on any atom is -0.267 e. The van der Waals surface area contributed by atoms with Crippen LogP contribution in [-0.4, -0.2) is 22.1 Å². The van der Waals surface area contributed by atoms with Gasteiger partial charge in [0.15, 0.2) is 5.16 Å². The summed E-state index contributed by atoms with van der Waals surface area (Å²) in [4.78, 5) is 21.1. The van der Waals surface area contributed by atoms with Crippen LogP contribution in [0.5, 0.6) is 0 Å². The van der Waals surface area contributed by atoms with Crippen LogP contribution in [0, 0.1) is 13.8 Å². The highest BCUT2D eigenvalue weighted by molar-refractivity contribution is 7.98. The van der Waals surface area contributed by atoms with E-state index < -0.39 is 0 Å². The van der Waals surface area contributed by atoms with E-state index in [2.05, 4.69) is 20.5 Å². The van der Waals surface area contributed by atoms with Gasteiger partial charge in [-0.2, -0.15) is 5.10 Å². The lowest BCUT2D eigenvalue weighted by molar-refractivity contribution is 0.0955. The number of halogens is 2. The highest BCUT2D eigenvalue weighted by Crippen LogP contribution is 2.22. The van der Waals surface area contributed by atoms with Crippen molar-refractivity contribution in [3.63, 3.8) is 0 Å². The van der Waals surface area contributed by atoms with E-state index in [0.29, 0.717) is 15.6 Å². The predicted molar refractivity (Wildman–Crippen MR) is 119 cm³/mol. The maximum Gasteiger partial charge on any atom is 0.271 e. The highest BCUT2D eigenvalue weighted by Gasteiger charge is 2.06. The van der Waals surface area contributed by atoms with Gasteiger partial charge in [-0.1, -0.05) is 53.2 Å². The van der Waals surface area contributed by atoms with Crippen LogP contribution in [0.1, 0.15) is 32.9 Å². The van der Waals surface area contributed by atoms with Crippen molar-refractivity contribution in [3.05, 3.63) is 86.7 Å². The van der Waals surface area contributed by atoms with Gasteiger partial charge in [0.05, 0.1) is 16.3 Å². The zero-order chi connectivity index (χ0) is 20.8. The molecule has 0 radical (unpaired) electrons. The summed E-state index contributed by atoms with van der Waals surface area (Å²) >= 11 is 13.4. The van der Waals surface area contributed by atoms with E-state index in [9.17, 15) is 4.79 Å². The lowest BCUT2D eigenvalue weighted by Gasteiger charge is -2.05. The van der Waals surface area contributed by atoms with Crippen LogP contribution >= 0.6 is 35.0 Å². The van der Waals surface area contributed by atoms with Gasteiger partial charge in [-0.05, 0) is 55.3 Å². The van der Waals surface area contributed by atoms with Gasteiger partial charge < -0.3 is 0 Å². The van der Waals surface area contributed by atoms with Crippen molar-refractivity contribution in [3.8, 4) is 0 Å². The molecule has 0 atom stereocenters. The SMILES string of the molecule is Cc1cc(C)nc(SCc2ccc(C(=O)N/N=C/c3ccc(Cl)c(Cl)c3)cc2)n1. The van der Waals surface area contributed by atoms with Crippen LogP contribution in [0.3, 0.4) is 0 Å². The Bertz CT molecular complexity index is 1030. The molecule has 0 spiro atoms. The van der Waals surface area contributed by atoms with E-state index in [-0.39, 0.29) is 5.91 Å². The Hall–Kier alpha value is -2.41. The summed E-state index contributed by atoms with van der Waals surface area (Å²) in [6, 6.07) is 14.4. The number of carbonyl (C=O) groups is 1. The van der Waals surface area contributed by atoms with E-state index >= 15 is 0 Å². The molecule has 3 aromatic rings. The van der Waals surface area contributed by atoms with Crippen LogP contribution in [0.2, 0.25) is 10.0 Å². The lowest BCUT2D eigenvalue weighted by atomic mass is 10.1. The molecule has 29 heavy (non-hydrogen) atoms. The topological polar surface area (TPSA) is 67.2 Å². The summed E-state index contributed by atoms with van der Waals surface area (Å²) in [7, 11) is 0. The van der Waals surface area contributed by atoms with Gasteiger partial charge in [0, 0.05) is 22.7 Å². The number of benzene rings is 2. The van der Waals surface area contributed by atoms with E-state index in [1.54, 1.807) is 42.1 Å². The maximum atomic E-state index is 12.2. The number of nitrogens with zero attached hydrogens (tertiary/aromatic N) is 3. The zero-order valence-electron chi connectivity index (χ0n) is 15.8. The molecule has 2 aromatic carbocycles. The number of hydrogen-bond acceptors (Lipinski definition) is 5. The third kappa shape index (κ3) is 6.29. The molecule has 0 fully saturated rings. The number of rotatable bonds is 6. The molecule has 148 valence electrons. The van der Waals surface area contributed by atoms with Crippen LogP contribution in [0.4, 0.5) is 0 Å². The molecular weight excluding hydrogens is 427 g/mol. The minimum atomic E-state index is -0.293. The molecule has 0 aliphatic carbocycles. The maximum absolute atomic E-state index is 12.2. The molecule has 1 heterocycles. The molecule has 0 saturated heterocycles. The number of aryl methyl sites for hydroxylation is 2. The second-order valence-corrected chi connectivity index (χ2v) is 8.05. The van der Waals surface area contributed by atoms with Crippen molar-refractivity contribution in [2.24, 2.45) is 5.10 Å². The van der Waals surface area contributed by atoms with Crippen molar-refractivity contribution in [1.82, 2.24) is 15.4 Å². The average Bonchev–Trinajstić information content (AvgIpc) is 2.69. The molecule has 8 heteroatoms. The fourth-order valence-corrected chi connectivity index (χ4v) is 3.69. The number of hydrazone groups is 1. The normalized spacial score (nSPS) is 11.0. The minimum absolute atomic E-state index is 0.293. The number of amides is 1.